The summed E-state index contributed by atoms with van der Waals surface area (Å²) in [6.07, 6.45) is 2.10. The molecular formula is C9H20N2O2S. The Morgan fingerprint density at radius 3 is 2.43 bits per heavy atom. The lowest BCUT2D eigenvalue weighted by Crippen LogP contribution is -2.38. The monoisotopic (exact) mass is 220 g/mol. The first kappa shape index (κ1) is 13.6. The van der Waals surface area contributed by atoms with E-state index in [1.54, 1.807) is 6.08 Å². The first-order valence-corrected chi connectivity index (χ1v) is 6.37. The molecule has 0 spiro atoms. The summed E-state index contributed by atoms with van der Waals surface area (Å²) >= 11 is 0. The van der Waals surface area contributed by atoms with E-state index in [2.05, 4.69) is 6.58 Å². The molecule has 0 aliphatic rings. The second kappa shape index (κ2) is 6.16. The molecule has 0 saturated heterocycles. The van der Waals surface area contributed by atoms with Gasteiger partial charge in [0.15, 0.2) is 0 Å². The molecule has 5 heteroatoms. The third-order valence-electron chi connectivity index (χ3n) is 1.85. The molecule has 0 heterocycles. The highest BCUT2D eigenvalue weighted by Gasteiger charge is 2.22. The van der Waals surface area contributed by atoms with E-state index in [-0.39, 0.29) is 11.8 Å². The molecule has 0 atom stereocenters. The van der Waals surface area contributed by atoms with Crippen LogP contribution >= 0.6 is 0 Å². The van der Waals surface area contributed by atoms with E-state index in [0.717, 1.165) is 0 Å². The Morgan fingerprint density at radius 1 is 1.50 bits per heavy atom. The van der Waals surface area contributed by atoms with Gasteiger partial charge >= 0.3 is 0 Å². The highest BCUT2D eigenvalue weighted by Crippen LogP contribution is 2.08. The van der Waals surface area contributed by atoms with Gasteiger partial charge in [0.2, 0.25) is 10.0 Å². The molecule has 4 nitrogen and oxygen atoms in total. The standard InChI is InChI=1S/C9H20N2O2S/c1-4-7-11(9(2)3)14(12,13)8-5-6-10/h4,9H,1,5-8,10H2,2-3H3. The maximum Gasteiger partial charge on any atom is 0.214 e. The zero-order valence-corrected chi connectivity index (χ0v) is 9.76. The summed E-state index contributed by atoms with van der Waals surface area (Å²) in [7, 11) is -3.16. The fourth-order valence-corrected chi connectivity index (χ4v) is 2.90. The Bertz CT molecular complexity index is 260. The summed E-state index contributed by atoms with van der Waals surface area (Å²) < 4.78 is 24.9. The molecule has 0 unspecified atom stereocenters. The van der Waals surface area contributed by atoms with E-state index < -0.39 is 10.0 Å². The number of nitrogens with zero attached hydrogens (tertiary/aromatic N) is 1. The van der Waals surface area contributed by atoms with Crippen LogP contribution in [0.15, 0.2) is 12.7 Å². The van der Waals surface area contributed by atoms with Crippen molar-refractivity contribution in [2.24, 2.45) is 5.73 Å². The van der Waals surface area contributed by atoms with Crippen molar-refractivity contribution in [2.45, 2.75) is 26.3 Å². The van der Waals surface area contributed by atoms with Crippen molar-refractivity contribution in [2.75, 3.05) is 18.8 Å². The van der Waals surface area contributed by atoms with Crippen LogP contribution in [0.1, 0.15) is 20.3 Å². The van der Waals surface area contributed by atoms with Gasteiger partial charge in [0.25, 0.3) is 0 Å². The lowest BCUT2D eigenvalue weighted by Gasteiger charge is -2.24. The Kier molecular flexibility index (Phi) is 5.99. The lowest BCUT2D eigenvalue weighted by atomic mass is 10.4. The van der Waals surface area contributed by atoms with Crippen LogP contribution in [0.2, 0.25) is 0 Å². The topological polar surface area (TPSA) is 63.4 Å². The van der Waals surface area contributed by atoms with Gasteiger partial charge in [-0.15, -0.1) is 6.58 Å². The van der Waals surface area contributed by atoms with Crippen LogP contribution in [0.4, 0.5) is 0 Å². The van der Waals surface area contributed by atoms with Gasteiger partial charge in [0.1, 0.15) is 0 Å². The maximum absolute atomic E-state index is 11.7. The first-order chi connectivity index (χ1) is 6.45. The van der Waals surface area contributed by atoms with Gasteiger partial charge in [-0.25, -0.2) is 8.42 Å². The van der Waals surface area contributed by atoms with Crippen molar-refractivity contribution in [3.8, 4) is 0 Å². The highest BCUT2D eigenvalue weighted by molar-refractivity contribution is 7.89. The SMILES string of the molecule is C=CCN(C(C)C)S(=O)(=O)CCCN. The fraction of sp³-hybridized carbons (Fsp3) is 0.778. The minimum absolute atomic E-state index is 0.0317. The van der Waals surface area contributed by atoms with E-state index in [9.17, 15) is 8.42 Å². The summed E-state index contributed by atoms with van der Waals surface area (Å²) in [6.45, 7) is 8.01. The molecule has 0 aromatic heterocycles. The number of rotatable bonds is 7. The van der Waals surface area contributed by atoms with Crippen LogP contribution in [-0.4, -0.2) is 37.6 Å². The average Bonchev–Trinajstić information content (AvgIpc) is 2.10. The summed E-state index contributed by atoms with van der Waals surface area (Å²) in [6, 6.07) is -0.0317. The van der Waals surface area contributed by atoms with Crippen LogP contribution < -0.4 is 5.73 Å². The van der Waals surface area contributed by atoms with Gasteiger partial charge in [-0.1, -0.05) is 6.08 Å². The van der Waals surface area contributed by atoms with Gasteiger partial charge in [0.05, 0.1) is 5.75 Å². The molecule has 0 radical (unpaired) electrons. The Balaban J connectivity index is 4.54. The second-order valence-corrected chi connectivity index (χ2v) is 5.45. The van der Waals surface area contributed by atoms with Crippen molar-refractivity contribution in [1.29, 1.82) is 0 Å². The Labute approximate surface area is 86.8 Å². The summed E-state index contributed by atoms with van der Waals surface area (Å²) in [4.78, 5) is 0. The van der Waals surface area contributed by atoms with Crippen LogP contribution in [0, 0.1) is 0 Å². The first-order valence-electron chi connectivity index (χ1n) is 4.76. The van der Waals surface area contributed by atoms with Gasteiger partial charge < -0.3 is 5.73 Å². The maximum atomic E-state index is 11.7. The zero-order valence-electron chi connectivity index (χ0n) is 8.94. The van der Waals surface area contributed by atoms with Crippen molar-refractivity contribution >= 4 is 10.0 Å². The quantitative estimate of drug-likeness (QED) is 0.638. The molecular weight excluding hydrogens is 200 g/mol. The van der Waals surface area contributed by atoms with E-state index in [1.165, 1.54) is 4.31 Å². The molecule has 0 rings (SSSR count). The number of nitrogens with two attached hydrogens (primary N) is 1. The lowest BCUT2D eigenvalue weighted by molar-refractivity contribution is 0.382. The number of hydrogen-bond acceptors (Lipinski definition) is 3. The number of hydrogen-bond donors (Lipinski definition) is 1. The van der Waals surface area contributed by atoms with Gasteiger partial charge in [0, 0.05) is 12.6 Å². The van der Waals surface area contributed by atoms with Crippen molar-refractivity contribution in [3.05, 3.63) is 12.7 Å². The third kappa shape index (κ3) is 4.21. The van der Waals surface area contributed by atoms with Gasteiger partial charge in [-0.2, -0.15) is 4.31 Å². The van der Waals surface area contributed by atoms with E-state index >= 15 is 0 Å². The smallest absolute Gasteiger partial charge is 0.214 e. The predicted molar refractivity (Wildman–Crippen MR) is 59.5 cm³/mol. The third-order valence-corrected chi connectivity index (χ3v) is 3.94. The predicted octanol–water partition coefficient (Wildman–Crippen LogP) is 0.561. The van der Waals surface area contributed by atoms with E-state index in [1.807, 2.05) is 13.8 Å². The summed E-state index contributed by atoms with van der Waals surface area (Å²) in [5.74, 6) is 0.121. The minimum Gasteiger partial charge on any atom is -0.330 e. The minimum atomic E-state index is -3.16. The summed E-state index contributed by atoms with van der Waals surface area (Å²) in [5.41, 5.74) is 5.28. The highest BCUT2D eigenvalue weighted by atomic mass is 32.2. The molecule has 84 valence electrons. The van der Waals surface area contributed by atoms with Crippen LogP contribution in [0.25, 0.3) is 0 Å². The van der Waals surface area contributed by atoms with Crippen LogP contribution in [0.3, 0.4) is 0 Å². The Morgan fingerprint density at radius 2 is 2.07 bits per heavy atom. The fourth-order valence-electron chi connectivity index (χ4n) is 1.16. The van der Waals surface area contributed by atoms with Crippen LogP contribution in [0.5, 0.6) is 0 Å². The van der Waals surface area contributed by atoms with Crippen molar-refractivity contribution in [1.82, 2.24) is 4.31 Å². The van der Waals surface area contributed by atoms with Crippen molar-refractivity contribution in [3.63, 3.8) is 0 Å². The molecule has 0 amide bonds. The molecule has 0 fully saturated rings. The molecule has 0 bridgehead atoms. The molecule has 2 N–H and O–H groups in total. The van der Waals surface area contributed by atoms with E-state index in [0.29, 0.717) is 19.5 Å². The van der Waals surface area contributed by atoms with E-state index in [4.69, 9.17) is 5.73 Å². The van der Waals surface area contributed by atoms with Crippen molar-refractivity contribution < 1.29 is 8.42 Å². The van der Waals surface area contributed by atoms with Gasteiger partial charge in [-0.3, -0.25) is 0 Å². The molecule has 0 saturated carbocycles. The zero-order chi connectivity index (χ0) is 11.2. The van der Waals surface area contributed by atoms with Gasteiger partial charge in [-0.05, 0) is 26.8 Å². The molecule has 0 aromatic carbocycles. The van der Waals surface area contributed by atoms with Crippen LogP contribution in [-0.2, 0) is 10.0 Å². The number of sulfonamides is 1. The summed E-state index contributed by atoms with van der Waals surface area (Å²) in [5, 5.41) is 0. The molecule has 0 aliphatic heterocycles. The molecule has 14 heavy (non-hydrogen) atoms. The molecule has 0 aromatic rings. The largest absolute Gasteiger partial charge is 0.330 e. The second-order valence-electron chi connectivity index (χ2n) is 3.41. The molecule has 0 aliphatic carbocycles. The Hall–Kier alpha value is -0.390. The normalized spacial score (nSPS) is 12.4. The average molecular weight is 220 g/mol.